The zero-order chi connectivity index (χ0) is 68.4. The SMILES string of the molecule is C1CCOC1.C1CCOC1.C1CCOC1.[Mn+2].[Mn+2].[Mn+2].c1cc[cH-]c1.c1cc[cH-]c1.c1cc[cH-]c1.c1cc[cH-]c1.c1cc[cH-]c1.c1cc[cH-]c1.c1ccc(-c2cccc(-c3ccccn3)n2)nc1.c1ccc(-c2cccc(-c3ccccn3)n2)nc1.c1ccc(-c2cccc(-c3ccccn3)n2)nc1. The molecule has 3 fully saturated rings. The van der Waals surface area contributed by atoms with Crippen molar-refractivity contribution in [1.82, 2.24) is 44.9 Å². The molecule has 9 aromatic heterocycles. The van der Waals surface area contributed by atoms with Gasteiger partial charge >= 0.3 is 51.2 Å². The maximum absolute atomic E-state index is 4.94. The van der Waals surface area contributed by atoms with E-state index in [2.05, 4.69) is 44.9 Å². The van der Waals surface area contributed by atoms with E-state index in [1.807, 2.05) is 346 Å². The van der Waals surface area contributed by atoms with Gasteiger partial charge < -0.3 is 14.2 Å². The first-order valence-electron chi connectivity index (χ1n) is 33.4. The van der Waals surface area contributed by atoms with Gasteiger partial charge in [0.05, 0.1) is 68.3 Å². The van der Waals surface area contributed by atoms with E-state index in [0.29, 0.717) is 0 Å². The van der Waals surface area contributed by atoms with E-state index in [0.717, 1.165) is 108 Å². The summed E-state index contributed by atoms with van der Waals surface area (Å²) in [6.07, 6.45) is 18.3. The van der Waals surface area contributed by atoms with Crippen molar-refractivity contribution < 1.29 is 65.4 Å². The van der Waals surface area contributed by atoms with Gasteiger partial charge in [0.25, 0.3) is 0 Å². The molecule has 0 atom stereocenters. The molecule has 102 heavy (non-hydrogen) atoms. The van der Waals surface area contributed by atoms with Crippen LogP contribution < -0.4 is 0 Å². The third kappa shape index (κ3) is 37.9. The van der Waals surface area contributed by atoms with Gasteiger partial charge in [0.15, 0.2) is 0 Å². The zero-order valence-electron chi connectivity index (χ0n) is 57.2. The summed E-state index contributed by atoms with van der Waals surface area (Å²) in [4.78, 5) is 39.6. The topological polar surface area (TPSA) is 144 Å². The van der Waals surface area contributed by atoms with Crippen LogP contribution in [-0.2, 0) is 65.4 Å². The fourth-order valence-corrected chi connectivity index (χ4v) is 8.70. The van der Waals surface area contributed by atoms with Gasteiger partial charge in [-0.25, -0.2) is 87.7 Å². The first-order chi connectivity index (χ1) is 49.3. The van der Waals surface area contributed by atoms with Crippen molar-refractivity contribution >= 4 is 0 Å². The van der Waals surface area contributed by atoms with Crippen LogP contribution in [0.2, 0.25) is 0 Å². The van der Waals surface area contributed by atoms with E-state index in [9.17, 15) is 0 Å². The molecule has 3 aliphatic rings. The molecule has 18 rings (SSSR count). The van der Waals surface area contributed by atoms with Crippen molar-refractivity contribution in [3.63, 3.8) is 0 Å². The Bertz CT molecular complexity index is 3300. The minimum Gasteiger partial charge on any atom is -0.381 e. The van der Waals surface area contributed by atoms with E-state index in [4.69, 9.17) is 14.2 Å². The fraction of sp³-hybridized carbons (Fsp3) is 0.138. The number of aromatic nitrogens is 9. The molecule has 15 aromatic rings. The molecule has 0 amide bonds. The van der Waals surface area contributed by atoms with Crippen LogP contribution >= 0.6 is 0 Å². The van der Waals surface area contributed by atoms with Gasteiger partial charge in [-0.2, -0.15) is 109 Å². The Balaban J connectivity index is 0.000000247. The largest absolute Gasteiger partial charge is 2.00 e. The third-order valence-corrected chi connectivity index (χ3v) is 13.6. The summed E-state index contributed by atoms with van der Waals surface area (Å²) in [5.41, 5.74) is 10.4. The summed E-state index contributed by atoms with van der Waals surface area (Å²) in [5.74, 6) is 0. The molecule has 0 N–H and O–H groups in total. The molecule has 3 aliphatic heterocycles. The Morgan fingerprint density at radius 1 is 0.176 bits per heavy atom. The predicted octanol–water partition coefficient (Wildman–Crippen LogP) is 20.4. The van der Waals surface area contributed by atoms with E-state index < -0.39 is 0 Å². The minimum atomic E-state index is 0. The van der Waals surface area contributed by atoms with Crippen molar-refractivity contribution in [2.24, 2.45) is 0 Å². The monoisotopic (exact) mass is 1470 g/mol. The molecular formula is C87H87Mn3N9O3. The van der Waals surface area contributed by atoms with Crippen molar-refractivity contribution in [2.75, 3.05) is 39.6 Å². The average Bonchev–Trinajstić information content (AvgIpc) is 0.974. The smallest absolute Gasteiger partial charge is 0.381 e. The van der Waals surface area contributed by atoms with E-state index in [1.54, 1.807) is 37.2 Å². The average molecular weight is 1470 g/mol. The van der Waals surface area contributed by atoms with Crippen LogP contribution in [0.4, 0.5) is 0 Å². The van der Waals surface area contributed by atoms with Crippen molar-refractivity contribution in [2.45, 2.75) is 38.5 Å². The second kappa shape index (κ2) is 57.6. The summed E-state index contributed by atoms with van der Waals surface area (Å²) in [7, 11) is 0. The van der Waals surface area contributed by atoms with Crippen LogP contribution in [0, 0.1) is 0 Å². The van der Waals surface area contributed by atoms with Gasteiger partial charge in [-0.05, 0) is 148 Å². The van der Waals surface area contributed by atoms with Crippen LogP contribution in [0.25, 0.3) is 68.3 Å². The first kappa shape index (κ1) is 84.3. The van der Waals surface area contributed by atoms with Gasteiger partial charge in [-0.3, -0.25) is 29.9 Å². The second-order valence-electron chi connectivity index (χ2n) is 21.2. The van der Waals surface area contributed by atoms with E-state index in [-0.39, 0.29) is 51.2 Å². The first-order valence-corrected chi connectivity index (χ1v) is 33.4. The van der Waals surface area contributed by atoms with Crippen LogP contribution in [0.5, 0.6) is 0 Å². The van der Waals surface area contributed by atoms with Gasteiger partial charge in [-0.1, -0.05) is 54.6 Å². The number of hydrogen-bond acceptors (Lipinski definition) is 12. The molecule has 0 unspecified atom stereocenters. The van der Waals surface area contributed by atoms with Crippen LogP contribution in [0.15, 0.2) is 383 Å². The number of hydrogen-bond donors (Lipinski definition) is 0. The Hall–Kier alpha value is -10.1. The number of rotatable bonds is 6. The molecule has 0 spiro atoms. The Morgan fingerprint density at radius 2 is 0.324 bits per heavy atom. The van der Waals surface area contributed by atoms with Crippen LogP contribution in [0.3, 0.4) is 0 Å². The third-order valence-electron chi connectivity index (χ3n) is 13.6. The Labute approximate surface area is 635 Å². The Kier molecular flexibility index (Phi) is 47.6. The normalized spacial score (nSPS) is 11.3. The molecule has 0 aliphatic carbocycles. The van der Waals surface area contributed by atoms with Crippen molar-refractivity contribution in [1.29, 1.82) is 0 Å². The fourth-order valence-electron chi connectivity index (χ4n) is 8.70. The molecule has 12 nitrogen and oxygen atoms in total. The van der Waals surface area contributed by atoms with Crippen molar-refractivity contribution in [3.05, 3.63) is 383 Å². The molecule has 6 aromatic carbocycles. The standard InChI is InChI=1S/3C15H11N3.6C5H5.3C4H8O.3Mn/c3*1-3-10-16-12(6-1)14-8-5-9-15(18-14)13-7-2-4-11-17-13;9*1-2-4-5-3-1;;;/h3*1-11H;6*1-5H;3*1-4H2;;;/q;;;6*-1;;;;3*+2. The molecule has 519 valence electrons. The number of ether oxygens (including phenoxy) is 3. The van der Waals surface area contributed by atoms with Gasteiger partial charge in [-0.15, -0.1) is 0 Å². The summed E-state index contributed by atoms with van der Waals surface area (Å²) >= 11 is 0. The number of nitrogens with zero attached hydrogens (tertiary/aromatic N) is 9. The van der Waals surface area contributed by atoms with Crippen LogP contribution in [0.1, 0.15) is 38.5 Å². The van der Waals surface area contributed by atoms with E-state index in [1.165, 1.54) is 38.5 Å². The quantitative estimate of drug-likeness (QED) is 0.115. The minimum absolute atomic E-state index is 0. The van der Waals surface area contributed by atoms with Gasteiger partial charge in [0, 0.05) is 76.8 Å². The summed E-state index contributed by atoms with van der Waals surface area (Å²) in [6.45, 7) is 6.00. The zero-order valence-corrected chi connectivity index (χ0v) is 60.8. The molecule has 12 heterocycles. The molecule has 3 radical (unpaired) electrons. The predicted molar refractivity (Wildman–Crippen MR) is 404 cm³/mol. The van der Waals surface area contributed by atoms with E-state index >= 15 is 0 Å². The van der Waals surface area contributed by atoms with Gasteiger partial charge in [0.1, 0.15) is 0 Å². The molecule has 15 heteroatoms. The molecule has 0 saturated carbocycles. The van der Waals surface area contributed by atoms with Crippen molar-refractivity contribution in [3.8, 4) is 68.3 Å². The molecule has 0 bridgehead atoms. The second-order valence-corrected chi connectivity index (χ2v) is 21.2. The maximum Gasteiger partial charge on any atom is 2.00 e. The summed E-state index contributed by atoms with van der Waals surface area (Å²) < 4.78 is 14.8. The Morgan fingerprint density at radius 3 is 0.422 bits per heavy atom. The molecule has 3 saturated heterocycles. The maximum atomic E-state index is 4.94. The van der Waals surface area contributed by atoms with Gasteiger partial charge in [0.2, 0.25) is 0 Å². The summed E-state index contributed by atoms with van der Waals surface area (Å²) in [5, 5.41) is 0. The number of pyridine rings is 9. The van der Waals surface area contributed by atoms with Crippen LogP contribution in [-0.4, -0.2) is 84.5 Å². The molecular weight excluding hydrogens is 1380 g/mol. The summed E-state index contributed by atoms with van der Waals surface area (Å²) in [6, 6.07) is 112.